The van der Waals surface area contributed by atoms with E-state index in [9.17, 15) is 24.0 Å². The number of hydrogen-bond donors (Lipinski definition) is 9. The number of amides is 4. The zero-order chi connectivity index (χ0) is 23.6. The summed E-state index contributed by atoms with van der Waals surface area (Å²) >= 11 is 7.94. The van der Waals surface area contributed by atoms with Crippen LogP contribution in [0, 0.1) is 0 Å². The molecular formula is C16H25N7O6S2. The van der Waals surface area contributed by atoms with Crippen molar-refractivity contribution in [1.29, 1.82) is 0 Å². The number of thiol groups is 2. The Bertz CT molecular complexity index is 791. The molecule has 1 aromatic heterocycles. The Morgan fingerprint density at radius 1 is 1.00 bits per heavy atom. The number of aromatic amines is 1. The van der Waals surface area contributed by atoms with E-state index in [0.717, 1.165) is 0 Å². The van der Waals surface area contributed by atoms with Gasteiger partial charge in [0.2, 0.25) is 23.6 Å². The highest BCUT2D eigenvalue weighted by Gasteiger charge is 2.30. The van der Waals surface area contributed by atoms with Crippen LogP contribution in [0.1, 0.15) is 12.1 Å². The number of carbonyl (C=O) groups is 5. The Morgan fingerprint density at radius 3 is 2.06 bits per heavy atom. The van der Waals surface area contributed by atoms with Crippen molar-refractivity contribution in [2.75, 3.05) is 11.5 Å². The number of nitrogens with two attached hydrogens (primary N) is 2. The Labute approximate surface area is 188 Å². The first-order chi connectivity index (χ1) is 14.6. The number of carbonyl (C=O) groups excluding carboxylic acids is 4. The number of hydrogen-bond acceptors (Lipinski definition) is 9. The number of aliphatic carboxylic acids is 1. The van der Waals surface area contributed by atoms with Gasteiger partial charge in [-0.3, -0.25) is 19.2 Å². The van der Waals surface area contributed by atoms with Crippen molar-refractivity contribution in [3.8, 4) is 0 Å². The minimum atomic E-state index is -1.57. The van der Waals surface area contributed by atoms with Crippen molar-refractivity contribution in [2.24, 2.45) is 11.5 Å². The van der Waals surface area contributed by atoms with Gasteiger partial charge in [0, 0.05) is 29.8 Å². The van der Waals surface area contributed by atoms with Crippen LogP contribution in [0.5, 0.6) is 0 Å². The molecule has 0 fully saturated rings. The number of nitrogens with zero attached hydrogens (tertiary/aromatic N) is 1. The summed E-state index contributed by atoms with van der Waals surface area (Å²) in [4.78, 5) is 66.1. The molecule has 1 heterocycles. The maximum absolute atomic E-state index is 12.8. The number of primary amides is 1. The fourth-order valence-corrected chi connectivity index (χ4v) is 2.75. The second-order valence-electron chi connectivity index (χ2n) is 6.44. The van der Waals surface area contributed by atoms with E-state index in [-0.39, 0.29) is 17.9 Å². The van der Waals surface area contributed by atoms with Crippen molar-refractivity contribution in [1.82, 2.24) is 25.9 Å². The van der Waals surface area contributed by atoms with Crippen LogP contribution in [-0.2, 0) is 30.4 Å². The summed E-state index contributed by atoms with van der Waals surface area (Å²) in [7, 11) is 0. The van der Waals surface area contributed by atoms with E-state index >= 15 is 0 Å². The monoisotopic (exact) mass is 475 g/mol. The first-order valence-corrected chi connectivity index (χ1v) is 10.2. The van der Waals surface area contributed by atoms with Crippen LogP contribution < -0.4 is 27.4 Å². The van der Waals surface area contributed by atoms with Crippen LogP contribution in [0.15, 0.2) is 12.5 Å². The molecule has 31 heavy (non-hydrogen) atoms. The summed E-state index contributed by atoms with van der Waals surface area (Å²) in [5.74, 6) is -4.82. The van der Waals surface area contributed by atoms with E-state index in [1.165, 1.54) is 12.5 Å². The average Bonchev–Trinajstić information content (AvgIpc) is 3.22. The van der Waals surface area contributed by atoms with Crippen molar-refractivity contribution >= 4 is 54.9 Å². The molecule has 13 nitrogen and oxygen atoms in total. The van der Waals surface area contributed by atoms with Crippen LogP contribution in [-0.4, -0.2) is 80.3 Å². The lowest BCUT2D eigenvalue weighted by Crippen LogP contribution is -2.58. The normalized spacial score (nSPS) is 14.5. The molecule has 172 valence electrons. The molecule has 0 saturated carbocycles. The largest absolute Gasteiger partial charge is 0.480 e. The summed E-state index contributed by atoms with van der Waals surface area (Å²) in [5.41, 5.74) is 11.1. The van der Waals surface area contributed by atoms with Gasteiger partial charge in [0.25, 0.3) is 0 Å². The lowest BCUT2D eigenvalue weighted by atomic mass is 10.1. The number of carboxylic acid groups (broad SMARTS) is 1. The molecule has 15 heteroatoms. The van der Waals surface area contributed by atoms with Crippen LogP contribution in [0.2, 0.25) is 0 Å². The van der Waals surface area contributed by atoms with Gasteiger partial charge in [-0.05, 0) is 0 Å². The molecule has 1 aromatic rings. The number of rotatable bonds is 13. The molecule has 0 bridgehead atoms. The lowest BCUT2D eigenvalue weighted by molar-refractivity contribution is -0.143. The Kier molecular flexibility index (Phi) is 10.8. The molecule has 0 radical (unpaired) electrons. The molecule has 0 spiro atoms. The second kappa shape index (κ2) is 12.8. The predicted molar refractivity (Wildman–Crippen MR) is 115 cm³/mol. The Hall–Kier alpha value is -2.78. The van der Waals surface area contributed by atoms with Crippen molar-refractivity contribution in [2.45, 2.75) is 37.0 Å². The lowest BCUT2D eigenvalue weighted by Gasteiger charge is -2.24. The summed E-state index contributed by atoms with van der Waals surface area (Å²) in [5, 5.41) is 16.1. The fourth-order valence-electron chi connectivity index (χ4n) is 2.33. The molecule has 4 amide bonds. The zero-order valence-corrected chi connectivity index (χ0v) is 18.1. The summed E-state index contributed by atoms with van der Waals surface area (Å²) < 4.78 is 0. The van der Waals surface area contributed by atoms with Crippen LogP contribution in [0.3, 0.4) is 0 Å². The van der Waals surface area contributed by atoms with Gasteiger partial charge in [-0.15, -0.1) is 0 Å². The van der Waals surface area contributed by atoms with Crippen LogP contribution in [0.4, 0.5) is 0 Å². The molecule has 0 aliphatic heterocycles. The van der Waals surface area contributed by atoms with Gasteiger partial charge < -0.3 is 37.5 Å². The van der Waals surface area contributed by atoms with Gasteiger partial charge >= 0.3 is 5.97 Å². The number of H-pyrrole nitrogens is 1. The van der Waals surface area contributed by atoms with E-state index < -0.39 is 60.2 Å². The highest BCUT2D eigenvalue weighted by Crippen LogP contribution is 2.02. The summed E-state index contributed by atoms with van der Waals surface area (Å²) in [6.45, 7) is 0. The van der Waals surface area contributed by atoms with Gasteiger partial charge in [0.15, 0.2) is 0 Å². The van der Waals surface area contributed by atoms with E-state index in [4.69, 9.17) is 16.6 Å². The van der Waals surface area contributed by atoms with E-state index in [0.29, 0.717) is 5.69 Å². The number of carboxylic acids is 1. The number of imidazole rings is 1. The Balaban J connectivity index is 2.91. The first-order valence-electron chi connectivity index (χ1n) is 8.95. The zero-order valence-electron chi connectivity index (χ0n) is 16.3. The van der Waals surface area contributed by atoms with Crippen LogP contribution >= 0.6 is 25.3 Å². The number of aromatic nitrogens is 2. The molecule has 1 rings (SSSR count). The van der Waals surface area contributed by atoms with Gasteiger partial charge in [-0.2, -0.15) is 25.3 Å². The first kappa shape index (κ1) is 26.3. The van der Waals surface area contributed by atoms with E-state index in [1.54, 1.807) is 0 Å². The predicted octanol–water partition coefficient (Wildman–Crippen LogP) is -3.45. The molecule has 0 aliphatic carbocycles. The van der Waals surface area contributed by atoms with Crippen molar-refractivity contribution in [3.63, 3.8) is 0 Å². The minimum absolute atomic E-state index is 0.0111. The molecule has 9 N–H and O–H groups in total. The van der Waals surface area contributed by atoms with Gasteiger partial charge in [-0.1, -0.05) is 0 Å². The standard InChI is InChI=1S/C16H25N7O6S2/c17-8(4-30)13(25)21-9(1-7-3-19-6-20-7)14(26)23-11(5-31)15(27)22-10(16(28)29)2-12(18)24/h3,6,8-11,30-31H,1-2,4-5,17H2,(H2,18,24)(H,19,20)(H,21,25)(H,22,27)(H,23,26)(H,28,29). The van der Waals surface area contributed by atoms with E-state index in [2.05, 4.69) is 51.2 Å². The van der Waals surface area contributed by atoms with Crippen LogP contribution in [0.25, 0.3) is 0 Å². The maximum atomic E-state index is 12.8. The topological polar surface area (TPSA) is 222 Å². The maximum Gasteiger partial charge on any atom is 0.326 e. The third kappa shape index (κ3) is 8.85. The highest BCUT2D eigenvalue weighted by atomic mass is 32.1. The van der Waals surface area contributed by atoms with E-state index in [1.807, 2.05) is 0 Å². The Morgan fingerprint density at radius 2 is 1.58 bits per heavy atom. The quantitative estimate of drug-likeness (QED) is 0.130. The van der Waals surface area contributed by atoms with Gasteiger partial charge in [-0.25, -0.2) is 9.78 Å². The third-order valence-electron chi connectivity index (χ3n) is 3.98. The molecule has 0 aromatic carbocycles. The van der Waals surface area contributed by atoms with Crippen molar-refractivity contribution < 1.29 is 29.1 Å². The highest BCUT2D eigenvalue weighted by molar-refractivity contribution is 7.80. The van der Waals surface area contributed by atoms with Gasteiger partial charge in [0.05, 0.1) is 18.8 Å². The summed E-state index contributed by atoms with van der Waals surface area (Å²) in [6, 6.07) is -4.92. The average molecular weight is 476 g/mol. The smallest absolute Gasteiger partial charge is 0.326 e. The number of nitrogens with one attached hydrogen (secondary N) is 4. The second-order valence-corrected chi connectivity index (χ2v) is 7.18. The molecule has 4 unspecified atom stereocenters. The molecular weight excluding hydrogens is 450 g/mol. The third-order valence-corrected chi connectivity index (χ3v) is 4.74. The van der Waals surface area contributed by atoms with Crippen molar-refractivity contribution in [3.05, 3.63) is 18.2 Å². The van der Waals surface area contributed by atoms with Gasteiger partial charge in [0.1, 0.15) is 18.1 Å². The molecule has 4 atom stereocenters. The SMILES string of the molecule is NC(=O)CC(NC(=O)C(CS)NC(=O)C(Cc1cnc[nH]1)NC(=O)C(N)CS)C(=O)O. The molecule has 0 aliphatic rings. The fraction of sp³-hybridized carbons (Fsp3) is 0.500. The minimum Gasteiger partial charge on any atom is -0.480 e. The molecule has 0 saturated heterocycles. The summed E-state index contributed by atoms with van der Waals surface area (Å²) in [6.07, 6.45) is 2.22.